The van der Waals surface area contributed by atoms with Crippen LogP contribution < -0.4 is 5.32 Å². The minimum absolute atomic E-state index is 0.0679. The molecule has 0 aromatic carbocycles. The van der Waals surface area contributed by atoms with Gasteiger partial charge in [0.1, 0.15) is 4.83 Å². The van der Waals surface area contributed by atoms with Crippen molar-refractivity contribution in [3.8, 4) is 0 Å². The number of aryl methyl sites for hydroxylation is 2. The number of nitrogens with zero attached hydrogens (tertiary/aromatic N) is 3. The molecule has 0 aliphatic carbocycles. The summed E-state index contributed by atoms with van der Waals surface area (Å²) in [5.41, 5.74) is 3.30. The van der Waals surface area contributed by atoms with Gasteiger partial charge in [-0.05, 0) is 31.9 Å². The molecule has 0 radical (unpaired) electrons. The van der Waals surface area contributed by atoms with Crippen LogP contribution in [0.15, 0.2) is 6.07 Å². The first-order valence-electron chi connectivity index (χ1n) is 7.90. The van der Waals surface area contributed by atoms with Gasteiger partial charge in [-0.15, -0.1) is 11.3 Å². The fraction of sp³-hybridized carbons (Fsp3) is 0.500. The van der Waals surface area contributed by atoms with Crippen molar-refractivity contribution in [1.29, 1.82) is 0 Å². The van der Waals surface area contributed by atoms with Gasteiger partial charge in [0.15, 0.2) is 5.82 Å². The summed E-state index contributed by atoms with van der Waals surface area (Å²) in [6.07, 6.45) is 0.996. The molecular formula is C16H20N4O2S. The number of hydrogen-bond donors (Lipinski definition) is 2. The molecule has 0 amide bonds. The Bertz CT molecular complexity index is 864. The van der Waals surface area contributed by atoms with Crippen LogP contribution in [0.2, 0.25) is 0 Å². The average Bonchev–Trinajstić information content (AvgIpc) is 3.18. The van der Waals surface area contributed by atoms with Gasteiger partial charge in [0.2, 0.25) is 0 Å². The zero-order chi connectivity index (χ0) is 16.0. The molecule has 6 nitrogen and oxygen atoms in total. The fourth-order valence-corrected chi connectivity index (χ4v) is 4.48. The molecule has 1 aliphatic heterocycles. The molecule has 7 heteroatoms. The number of thiophene rings is 1. The van der Waals surface area contributed by atoms with Gasteiger partial charge in [0.05, 0.1) is 36.0 Å². The largest absolute Gasteiger partial charge is 0.394 e. The summed E-state index contributed by atoms with van der Waals surface area (Å²) in [5.74, 6) is 0.879. The Morgan fingerprint density at radius 2 is 2.35 bits per heavy atom. The van der Waals surface area contributed by atoms with E-state index in [4.69, 9.17) is 4.74 Å². The highest BCUT2D eigenvalue weighted by Crippen LogP contribution is 2.39. The number of aromatic nitrogens is 3. The number of aliphatic hydroxyl groups excluding tert-OH is 1. The van der Waals surface area contributed by atoms with Crippen LogP contribution in [-0.4, -0.2) is 45.7 Å². The zero-order valence-electron chi connectivity index (χ0n) is 13.3. The molecular weight excluding hydrogens is 312 g/mol. The normalized spacial score (nSPS) is 18.3. The predicted molar refractivity (Wildman–Crippen MR) is 92.3 cm³/mol. The van der Waals surface area contributed by atoms with Gasteiger partial charge in [-0.25, -0.2) is 4.98 Å². The summed E-state index contributed by atoms with van der Waals surface area (Å²) in [6.45, 7) is 6.19. The number of ether oxygens (including phenoxy) is 1. The molecule has 1 saturated heterocycles. The van der Waals surface area contributed by atoms with Crippen LogP contribution in [0.3, 0.4) is 0 Å². The number of fused-ring (bicyclic) bond motifs is 3. The molecule has 0 spiro atoms. The molecule has 1 aliphatic rings. The van der Waals surface area contributed by atoms with Crippen LogP contribution >= 0.6 is 11.3 Å². The molecule has 4 rings (SSSR count). The van der Waals surface area contributed by atoms with Crippen LogP contribution in [0, 0.1) is 13.8 Å². The van der Waals surface area contributed by atoms with Gasteiger partial charge in [0.25, 0.3) is 0 Å². The number of nitrogens with one attached hydrogen (secondary N) is 1. The molecule has 1 atom stereocenters. The SMILES string of the molecule is Cc1cc(C)c2c(n1)sc1c(NC3CCOC3)nn(CCO)c12. The molecule has 0 bridgehead atoms. The molecule has 122 valence electrons. The number of hydrogen-bond acceptors (Lipinski definition) is 6. The molecule has 3 aromatic rings. The minimum Gasteiger partial charge on any atom is -0.394 e. The zero-order valence-corrected chi connectivity index (χ0v) is 14.1. The monoisotopic (exact) mass is 332 g/mol. The lowest BCUT2D eigenvalue weighted by molar-refractivity contribution is 0.195. The van der Waals surface area contributed by atoms with Crippen molar-refractivity contribution >= 4 is 37.6 Å². The van der Waals surface area contributed by atoms with Crippen molar-refractivity contribution < 1.29 is 9.84 Å². The van der Waals surface area contributed by atoms with E-state index in [0.717, 1.165) is 51.6 Å². The molecule has 1 unspecified atom stereocenters. The summed E-state index contributed by atoms with van der Waals surface area (Å²) in [6, 6.07) is 2.40. The third-order valence-corrected chi connectivity index (χ3v) is 5.32. The Kier molecular flexibility index (Phi) is 3.71. The van der Waals surface area contributed by atoms with Crippen molar-refractivity contribution in [2.75, 3.05) is 25.1 Å². The molecule has 2 N–H and O–H groups in total. The summed E-state index contributed by atoms with van der Waals surface area (Å²) < 4.78 is 8.46. The highest BCUT2D eigenvalue weighted by Gasteiger charge is 2.22. The molecule has 3 aromatic heterocycles. The summed E-state index contributed by atoms with van der Waals surface area (Å²) >= 11 is 1.67. The van der Waals surface area contributed by atoms with Crippen molar-refractivity contribution in [3.05, 3.63) is 17.3 Å². The smallest absolute Gasteiger partial charge is 0.166 e. The van der Waals surface area contributed by atoms with E-state index in [-0.39, 0.29) is 6.61 Å². The van der Waals surface area contributed by atoms with Crippen LogP contribution in [-0.2, 0) is 11.3 Å². The van der Waals surface area contributed by atoms with E-state index in [1.165, 1.54) is 5.56 Å². The predicted octanol–water partition coefficient (Wildman–Crippen LogP) is 2.46. The van der Waals surface area contributed by atoms with Crippen LogP contribution in [0.1, 0.15) is 17.7 Å². The van der Waals surface area contributed by atoms with Crippen molar-refractivity contribution in [2.45, 2.75) is 32.9 Å². The third-order valence-electron chi connectivity index (χ3n) is 4.24. The number of aliphatic hydroxyl groups is 1. The van der Waals surface area contributed by atoms with E-state index < -0.39 is 0 Å². The van der Waals surface area contributed by atoms with Gasteiger partial charge >= 0.3 is 0 Å². The number of rotatable bonds is 4. The summed E-state index contributed by atoms with van der Waals surface area (Å²) in [7, 11) is 0. The van der Waals surface area contributed by atoms with E-state index in [9.17, 15) is 5.11 Å². The van der Waals surface area contributed by atoms with Crippen LogP contribution in [0.4, 0.5) is 5.82 Å². The minimum atomic E-state index is 0.0679. The third kappa shape index (κ3) is 2.49. The van der Waals surface area contributed by atoms with Gasteiger partial charge in [-0.3, -0.25) is 4.68 Å². The Labute approximate surface area is 138 Å². The second-order valence-electron chi connectivity index (χ2n) is 6.04. The van der Waals surface area contributed by atoms with E-state index in [0.29, 0.717) is 12.6 Å². The molecule has 1 fully saturated rings. The van der Waals surface area contributed by atoms with Gasteiger partial charge in [-0.2, -0.15) is 5.10 Å². The highest BCUT2D eigenvalue weighted by atomic mass is 32.1. The second kappa shape index (κ2) is 5.74. The first kappa shape index (κ1) is 14.9. The lowest BCUT2D eigenvalue weighted by atomic mass is 10.1. The van der Waals surface area contributed by atoms with Gasteiger partial charge in [-0.1, -0.05) is 0 Å². The quantitative estimate of drug-likeness (QED) is 0.768. The molecule has 4 heterocycles. The van der Waals surface area contributed by atoms with E-state index >= 15 is 0 Å². The van der Waals surface area contributed by atoms with E-state index in [2.05, 4.69) is 28.4 Å². The summed E-state index contributed by atoms with van der Waals surface area (Å²) in [5, 5.41) is 18.7. The number of anilines is 1. The van der Waals surface area contributed by atoms with Crippen molar-refractivity contribution in [3.63, 3.8) is 0 Å². The van der Waals surface area contributed by atoms with Gasteiger partial charge in [0, 0.05) is 17.7 Å². The number of pyridine rings is 1. The van der Waals surface area contributed by atoms with Crippen LogP contribution in [0.25, 0.3) is 20.4 Å². The van der Waals surface area contributed by atoms with E-state index in [1.807, 2.05) is 11.6 Å². The molecule has 0 saturated carbocycles. The maximum atomic E-state index is 9.38. The Hall–Kier alpha value is -1.70. The Balaban J connectivity index is 1.91. The van der Waals surface area contributed by atoms with Gasteiger partial charge < -0.3 is 15.2 Å². The molecule has 23 heavy (non-hydrogen) atoms. The maximum Gasteiger partial charge on any atom is 0.166 e. The topological polar surface area (TPSA) is 72.2 Å². The second-order valence-corrected chi connectivity index (χ2v) is 7.04. The maximum absolute atomic E-state index is 9.38. The Morgan fingerprint density at radius 3 is 3.09 bits per heavy atom. The summed E-state index contributed by atoms with van der Waals surface area (Å²) in [4.78, 5) is 5.72. The van der Waals surface area contributed by atoms with E-state index in [1.54, 1.807) is 11.3 Å². The first-order chi connectivity index (χ1) is 11.2. The first-order valence-corrected chi connectivity index (χ1v) is 8.71. The van der Waals surface area contributed by atoms with Crippen molar-refractivity contribution in [1.82, 2.24) is 14.8 Å². The Morgan fingerprint density at radius 1 is 1.48 bits per heavy atom. The standard InChI is InChI=1S/C16H20N4O2S/c1-9-7-10(2)17-16-12(9)13-14(23-16)15(19-20(13)4-5-21)18-11-3-6-22-8-11/h7,11,21H,3-6,8H2,1-2H3,(H,18,19). The average molecular weight is 332 g/mol. The van der Waals surface area contributed by atoms with Crippen molar-refractivity contribution in [2.24, 2.45) is 0 Å². The lowest BCUT2D eigenvalue weighted by Crippen LogP contribution is -2.19. The lowest BCUT2D eigenvalue weighted by Gasteiger charge is -2.09. The van der Waals surface area contributed by atoms with Crippen LogP contribution in [0.5, 0.6) is 0 Å². The highest BCUT2D eigenvalue weighted by molar-refractivity contribution is 7.26. The fourth-order valence-electron chi connectivity index (χ4n) is 3.24.